The Labute approximate surface area is 108 Å². The number of aryl methyl sites for hydroxylation is 1. The number of halogens is 1. The molecule has 3 N–H and O–H groups in total. The van der Waals surface area contributed by atoms with Crippen molar-refractivity contribution in [3.8, 4) is 0 Å². The van der Waals surface area contributed by atoms with Gasteiger partial charge >= 0.3 is 0 Å². The topological polar surface area (TPSA) is 38.0 Å². The second-order valence-electron chi connectivity index (χ2n) is 5.64. The van der Waals surface area contributed by atoms with Gasteiger partial charge in [-0.2, -0.15) is 0 Å². The number of nitrogens with one attached hydrogen (secondary N) is 1. The molecule has 92 valence electrons. The van der Waals surface area contributed by atoms with Crippen molar-refractivity contribution in [3.63, 3.8) is 0 Å². The maximum Gasteiger partial charge on any atom is 0.0488 e. The lowest BCUT2D eigenvalue weighted by atomic mass is 9.89. The molecule has 2 aliphatic rings. The van der Waals surface area contributed by atoms with E-state index in [1.165, 1.54) is 24.8 Å². The molecule has 2 saturated carbocycles. The quantitative estimate of drug-likeness (QED) is 0.639. The molecular weight excluding hydrogens is 232 g/mol. The molecule has 0 radical (unpaired) electrons. The Morgan fingerprint density at radius 2 is 2.00 bits per heavy atom. The van der Waals surface area contributed by atoms with E-state index in [4.69, 9.17) is 17.4 Å². The third-order valence-electron chi connectivity index (χ3n) is 4.49. The van der Waals surface area contributed by atoms with E-state index >= 15 is 0 Å². The highest BCUT2D eigenvalue weighted by Crippen LogP contribution is 2.57. The Hall–Kier alpha value is -0.570. The largest absolute Gasteiger partial charge is 0.271 e. The van der Waals surface area contributed by atoms with Gasteiger partial charge in [0.25, 0.3) is 0 Å². The van der Waals surface area contributed by atoms with Gasteiger partial charge in [-0.15, -0.1) is 0 Å². The second kappa shape index (κ2) is 4.27. The molecule has 0 amide bonds. The van der Waals surface area contributed by atoms with E-state index in [9.17, 15) is 0 Å². The first-order valence-corrected chi connectivity index (χ1v) is 6.79. The van der Waals surface area contributed by atoms with Crippen LogP contribution in [-0.4, -0.2) is 0 Å². The first kappa shape index (κ1) is 11.5. The lowest BCUT2D eigenvalue weighted by Gasteiger charge is -2.24. The van der Waals surface area contributed by atoms with Crippen LogP contribution >= 0.6 is 11.6 Å². The highest BCUT2D eigenvalue weighted by Gasteiger charge is 2.47. The van der Waals surface area contributed by atoms with Crippen molar-refractivity contribution < 1.29 is 0 Å². The highest BCUT2D eigenvalue weighted by molar-refractivity contribution is 6.31. The Bertz CT molecular complexity index is 422. The van der Waals surface area contributed by atoms with Crippen LogP contribution in [0.5, 0.6) is 0 Å². The normalized spacial score (nSPS) is 32.3. The maximum absolute atomic E-state index is 6.19. The van der Waals surface area contributed by atoms with Gasteiger partial charge in [0.15, 0.2) is 0 Å². The molecule has 1 aromatic carbocycles. The molecule has 0 heterocycles. The molecule has 2 aliphatic carbocycles. The van der Waals surface area contributed by atoms with Gasteiger partial charge in [0.1, 0.15) is 0 Å². The van der Waals surface area contributed by atoms with Crippen molar-refractivity contribution in [1.29, 1.82) is 0 Å². The molecule has 0 spiro atoms. The van der Waals surface area contributed by atoms with Gasteiger partial charge in [0.05, 0.1) is 0 Å². The van der Waals surface area contributed by atoms with Crippen LogP contribution in [0.15, 0.2) is 18.2 Å². The van der Waals surface area contributed by atoms with E-state index in [0.717, 1.165) is 22.4 Å². The van der Waals surface area contributed by atoms with E-state index in [0.29, 0.717) is 5.92 Å². The third kappa shape index (κ3) is 2.10. The predicted molar refractivity (Wildman–Crippen MR) is 70.6 cm³/mol. The van der Waals surface area contributed by atoms with Crippen LogP contribution < -0.4 is 11.3 Å². The average molecular weight is 251 g/mol. The summed E-state index contributed by atoms with van der Waals surface area (Å²) >= 11 is 6.19. The molecular formula is C14H19ClN2. The minimum atomic E-state index is 0.265. The van der Waals surface area contributed by atoms with Gasteiger partial charge in [0, 0.05) is 11.1 Å². The van der Waals surface area contributed by atoms with Crippen LogP contribution in [0, 0.1) is 24.7 Å². The molecule has 1 aromatic rings. The van der Waals surface area contributed by atoms with Crippen molar-refractivity contribution in [2.45, 2.75) is 32.2 Å². The second-order valence-corrected chi connectivity index (χ2v) is 6.05. The summed E-state index contributed by atoms with van der Waals surface area (Å²) in [6.45, 7) is 2.03. The monoisotopic (exact) mass is 250 g/mol. The number of rotatable bonds is 3. The van der Waals surface area contributed by atoms with E-state index in [1.807, 2.05) is 6.92 Å². The molecule has 2 fully saturated rings. The number of hydrogen-bond donors (Lipinski definition) is 2. The maximum atomic E-state index is 6.19. The minimum Gasteiger partial charge on any atom is -0.271 e. The van der Waals surface area contributed by atoms with Crippen LogP contribution in [0.2, 0.25) is 5.02 Å². The predicted octanol–water partition coefficient (Wildman–Crippen LogP) is 3.20. The number of fused-ring (bicyclic) bond motifs is 1. The van der Waals surface area contributed by atoms with Crippen molar-refractivity contribution in [3.05, 3.63) is 34.3 Å². The lowest BCUT2D eigenvalue weighted by molar-refractivity contribution is 0.345. The van der Waals surface area contributed by atoms with E-state index in [-0.39, 0.29) is 6.04 Å². The lowest BCUT2D eigenvalue weighted by Crippen LogP contribution is -2.33. The molecule has 0 aliphatic heterocycles. The molecule has 0 saturated heterocycles. The molecule has 2 nitrogen and oxygen atoms in total. The summed E-state index contributed by atoms with van der Waals surface area (Å²) in [5.74, 6) is 8.39. The Kier molecular flexibility index (Phi) is 2.89. The Morgan fingerprint density at radius 3 is 2.59 bits per heavy atom. The zero-order valence-electron chi connectivity index (χ0n) is 10.1. The molecule has 0 aromatic heterocycles. The van der Waals surface area contributed by atoms with Gasteiger partial charge in [-0.25, -0.2) is 0 Å². The number of hydrazine groups is 1. The number of nitrogens with two attached hydrogens (primary N) is 1. The third-order valence-corrected chi connectivity index (χ3v) is 4.89. The van der Waals surface area contributed by atoms with Gasteiger partial charge in [-0.05, 0) is 61.1 Å². The number of hydrogen-bond acceptors (Lipinski definition) is 2. The summed E-state index contributed by atoms with van der Waals surface area (Å²) in [6, 6.07) is 6.56. The van der Waals surface area contributed by atoms with Gasteiger partial charge in [-0.1, -0.05) is 23.7 Å². The van der Waals surface area contributed by atoms with Gasteiger partial charge in [0.2, 0.25) is 0 Å². The van der Waals surface area contributed by atoms with Crippen LogP contribution in [0.4, 0.5) is 0 Å². The summed E-state index contributed by atoms with van der Waals surface area (Å²) in [5, 5.41) is 0.839. The summed E-state index contributed by atoms with van der Waals surface area (Å²) in [6.07, 6.45) is 4.10. The van der Waals surface area contributed by atoms with E-state index in [1.54, 1.807) is 0 Å². The standard InChI is InChI=1S/C14H19ClN2/c1-8-2-3-9(7-13(8)15)14(17-16)12-5-10-4-11(10)6-12/h2-3,7,10-12,14,17H,4-6,16H2,1H3. The summed E-state index contributed by atoms with van der Waals surface area (Å²) in [5.41, 5.74) is 5.35. The fraction of sp³-hybridized carbons (Fsp3) is 0.571. The fourth-order valence-corrected chi connectivity index (χ4v) is 3.53. The molecule has 3 heteroatoms. The summed E-state index contributed by atoms with van der Waals surface area (Å²) in [7, 11) is 0. The van der Waals surface area contributed by atoms with Crippen molar-refractivity contribution >= 4 is 11.6 Å². The van der Waals surface area contributed by atoms with E-state index in [2.05, 4.69) is 23.6 Å². The summed E-state index contributed by atoms with van der Waals surface area (Å²) < 4.78 is 0. The number of benzene rings is 1. The minimum absolute atomic E-state index is 0.265. The Balaban J connectivity index is 1.81. The van der Waals surface area contributed by atoms with Gasteiger partial charge in [-0.3, -0.25) is 11.3 Å². The fourth-order valence-electron chi connectivity index (χ4n) is 3.34. The highest BCUT2D eigenvalue weighted by atomic mass is 35.5. The molecule has 3 rings (SSSR count). The Morgan fingerprint density at radius 1 is 1.29 bits per heavy atom. The average Bonchev–Trinajstić information content (AvgIpc) is 2.92. The molecule has 17 heavy (non-hydrogen) atoms. The zero-order chi connectivity index (χ0) is 12.0. The van der Waals surface area contributed by atoms with Crippen LogP contribution in [0.25, 0.3) is 0 Å². The molecule has 0 bridgehead atoms. The first-order valence-electron chi connectivity index (χ1n) is 6.41. The van der Waals surface area contributed by atoms with Crippen LogP contribution in [0.3, 0.4) is 0 Å². The summed E-state index contributed by atoms with van der Waals surface area (Å²) in [4.78, 5) is 0. The zero-order valence-corrected chi connectivity index (χ0v) is 10.9. The molecule has 3 atom stereocenters. The van der Waals surface area contributed by atoms with Crippen molar-refractivity contribution in [2.75, 3.05) is 0 Å². The van der Waals surface area contributed by atoms with Crippen LogP contribution in [-0.2, 0) is 0 Å². The van der Waals surface area contributed by atoms with Gasteiger partial charge < -0.3 is 0 Å². The molecule has 3 unspecified atom stereocenters. The van der Waals surface area contributed by atoms with Crippen molar-refractivity contribution in [1.82, 2.24) is 5.43 Å². The smallest absolute Gasteiger partial charge is 0.0488 e. The van der Waals surface area contributed by atoms with Crippen LogP contribution in [0.1, 0.15) is 36.4 Å². The SMILES string of the molecule is Cc1ccc(C(NN)C2CC3CC3C2)cc1Cl. The first-order chi connectivity index (χ1) is 8.19. The van der Waals surface area contributed by atoms with Crippen molar-refractivity contribution in [2.24, 2.45) is 23.6 Å². The van der Waals surface area contributed by atoms with E-state index < -0.39 is 0 Å².